The van der Waals surface area contributed by atoms with Crippen molar-refractivity contribution in [3.63, 3.8) is 0 Å². The van der Waals surface area contributed by atoms with Crippen molar-refractivity contribution >= 4 is 26.9 Å². The molecule has 0 fully saturated rings. The van der Waals surface area contributed by atoms with E-state index in [1.165, 1.54) is 0 Å². The lowest BCUT2D eigenvalue weighted by Gasteiger charge is -2.18. The lowest BCUT2D eigenvalue weighted by Crippen LogP contribution is -2.16. The molecule has 1 aromatic carbocycles. The molecule has 0 unspecified atom stereocenters. The van der Waals surface area contributed by atoms with Gasteiger partial charge in [0.1, 0.15) is 5.01 Å². The van der Waals surface area contributed by atoms with Gasteiger partial charge in [-0.25, -0.2) is 13.4 Å². The maximum atomic E-state index is 11.7. The van der Waals surface area contributed by atoms with E-state index in [0.29, 0.717) is 4.90 Å². The maximum Gasteiger partial charge on any atom is 0.178 e. The third-order valence-corrected chi connectivity index (χ3v) is 5.39. The van der Waals surface area contributed by atoms with Crippen molar-refractivity contribution < 1.29 is 8.42 Å². The van der Waals surface area contributed by atoms with Crippen LogP contribution in [0.15, 0.2) is 40.7 Å². The summed E-state index contributed by atoms with van der Waals surface area (Å²) in [5.41, 5.74) is 0.977. The average molecular weight is 296 g/mol. The van der Waals surface area contributed by atoms with E-state index in [-0.39, 0.29) is 5.75 Å². The monoisotopic (exact) mass is 296 g/mol. The number of anilines is 1. The summed E-state index contributed by atoms with van der Waals surface area (Å²) in [4.78, 5) is 6.65. The van der Waals surface area contributed by atoms with Crippen LogP contribution in [0.25, 0.3) is 0 Å². The molecule has 6 heteroatoms. The standard InChI is InChI=1S/C13H16N2O2S2/c1-3-19(16,17)12-6-4-11(5-7-12)15(2)10-13-14-8-9-18-13/h4-9H,3,10H2,1-2H3. The van der Waals surface area contributed by atoms with Crippen molar-refractivity contribution in [3.05, 3.63) is 40.8 Å². The molecule has 0 bridgehead atoms. The molecule has 0 spiro atoms. The molecule has 19 heavy (non-hydrogen) atoms. The molecule has 102 valence electrons. The average Bonchev–Trinajstić information content (AvgIpc) is 2.91. The molecule has 0 N–H and O–H groups in total. The molecule has 0 aliphatic rings. The van der Waals surface area contributed by atoms with Gasteiger partial charge in [-0.05, 0) is 24.3 Å². The van der Waals surface area contributed by atoms with E-state index in [9.17, 15) is 8.42 Å². The zero-order chi connectivity index (χ0) is 13.9. The van der Waals surface area contributed by atoms with Gasteiger partial charge in [-0.3, -0.25) is 0 Å². The van der Waals surface area contributed by atoms with Crippen molar-refractivity contribution in [2.24, 2.45) is 0 Å². The highest BCUT2D eigenvalue weighted by atomic mass is 32.2. The Balaban J connectivity index is 2.14. The Morgan fingerprint density at radius 1 is 1.26 bits per heavy atom. The van der Waals surface area contributed by atoms with Gasteiger partial charge in [0, 0.05) is 24.3 Å². The second-order valence-corrected chi connectivity index (χ2v) is 7.44. The van der Waals surface area contributed by atoms with Crippen LogP contribution in [0.5, 0.6) is 0 Å². The summed E-state index contributed by atoms with van der Waals surface area (Å²) in [5, 5.41) is 2.98. The minimum Gasteiger partial charge on any atom is -0.368 e. The van der Waals surface area contributed by atoms with E-state index in [1.54, 1.807) is 36.6 Å². The van der Waals surface area contributed by atoms with Gasteiger partial charge in [0.05, 0.1) is 17.2 Å². The molecule has 0 radical (unpaired) electrons. The third kappa shape index (κ3) is 3.33. The van der Waals surface area contributed by atoms with E-state index in [2.05, 4.69) is 4.98 Å². The molecule has 0 atom stereocenters. The van der Waals surface area contributed by atoms with Crippen molar-refractivity contribution in [1.29, 1.82) is 0 Å². The molecule has 2 aromatic rings. The first-order valence-corrected chi connectivity index (χ1v) is 8.48. The topological polar surface area (TPSA) is 50.3 Å². The van der Waals surface area contributed by atoms with Gasteiger partial charge >= 0.3 is 0 Å². The molecule has 4 nitrogen and oxygen atoms in total. The Bertz CT molecular complexity index is 619. The number of benzene rings is 1. The van der Waals surface area contributed by atoms with Gasteiger partial charge in [0.2, 0.25) is 0 Å². The highest BCUT2D eigenvalue weighted by Crippen LogP contribution is 2.20. The lowest BCUT2D eigenvalue weighted by atomic mass is 10.3. The second kappa shape index (κ2) is 5.71. The molecule has 2 rings (SSSR count). The number of nitrogens with zero attached hydrogens (tertiary/aromatic N) is 2. The zero-order valence-corrected chi connectivity index (χ0v) is 12.5. The van der Waals surface area contributed by atoms with E-state index in [1.807, 2.05) is 29.5 Å². The van der Waals surface area contributed by atoms with E-state index >= 15 is 0 Å². The Morgan fingerprint density at radius 3 is 2.47 bits per heavy atom. The Morgan fingerprint density at radius 2 is 1.95 bits per heavy atom. The largest absolute Gasteiger partial charge is 0.368 e. The van der Waals surface area contributed by atoms with Crippen LogP contribution in [-0.4, -0.2) is 26.2 Å². The fraction of sp³-hybridized carbons (Fsp3) is 0.308. The summed E-state index contributed by atoms with van der Waals surface area (Å²) >= 11 is 1.61. The molecule has 1 heterocycles. The summed E-state index contributed by atoms with van der Waals surface area (Å²) in [6.07, 6.45) is 1.78. The SMILES string of the molecule is CCS(=O)(=O)c1ccc(N(C)Cc2nccs2)cc1. The van der Waals surface area contributed by atoms with Gasteiger partial charge in [0.25, 0.3) is 0 Å². The molecule has 0 amide bonds. The van der Waals surface area contributed by atoms with Crippen molar-refractivity contribution in [2.45, 2.75) is 18.4 Å². The predicted molar refractivity (Wildman–Crippen MR) is 78.4 cm³/mol. The van der Waals surface area contributed by atoms with Gasteiger partial charge in [-0.1, -0.05) is 6.92 Å². The van der Waals surface area contributed by atoms with E-state index < -0.39 is 9.84 Å². The number of hydrogen-bond acceptors (Lipinski definition) is 5. The van der Waals surface area contributed by atoms with Crippen molar-refractivity contribution in [2.75, 3.05) is 17.7 Å². The summed E-state index contributed by atoms with van der Waals surface area (Å²) in [6.45, 7) is 2.37. The number of aromatic nitrogens is 1. The number of rotatable bonds is 5. The quantitative estimate of drug-likeness (QED) is 0.851. The summed E-state index contributed by atoms with van der Waals surface area (Å²) in [7, 11) is -1.16. The van der Waals surface area contributed by atoms with Crippen LogP contribution >= 0.6 is 11.3 Å². The smallest absolute Gasteiger partial charge is 0.178 e. The second-order valence-electron chi connectivity index (χ2n) is 4.18. The number of sulfone groups is 1. The fourth-order valence-corrected chi connectivity index (χ4v) is 3.25. The fourth-order valence-electron chi connectivity index (χ4n) is 1.70. The van der Waals surface area contributed by atoms with Crippen LogP contribution in [0, 0.1) is 0 Å². The molecule has 0 saturated heterocycles. The van der Waals surface area contributed by atoms with E-state index in [4.69, 9.17) is 0 Å². The molecule has 0 saturated carbocycles. The van der Waals surface area contributed by atoms with Crippen LogP contribution < -0.4 is 4.90 Å². The van der Waals surface area contributed by atoms with Crippen LogP contribution in [0.4, 0.5) is 5.69 Å². The molecule has 0 aliphatic heterocycles. The first-order chi connectivity index (χ1) is 9.03. The number of hydrogen-bond donors (Lipinski definition) is 0. The highest BCUT2D eigenvalue weighted by molar-refractivity contribution is 7.91. The highest BCUT2D eigenvalue weighted by Gasteiger charge is 2.11. The Hall–Kier alpha value is -1.40. The van der Waals surface area contributed by atoms with E-state index in [0.717, 1.165) is 17.2 Å². The number of thiazole rings is 1. The first-order valence-electron chi connectivity index (χ1n) is 5.95. The minimum absolute atomic E-state index is 0.126. The summed E-state index contributed by atoms with van der Waals surface area (Å²) in [6, 6.07) is 6.98. The van der Waals surface area contributed by atoms with Gasteiger partial charge < -0.3 is 4.90 Å². The molecular weight excluding hydrogens is 280 g/mol. The Kier molecular flexibility index (Phi) is 4.21. The normalized spacial score (nSPS) is 11.5. The van der Waals surface area contributed by atoms with Crippen molar-refractivity contribution in [1.82, 2.24) is 4.98 Å². The van der Waals surface area contributed by atoms with Crippen LogP contribution in [0.1, 0.15) is 11.9 Å². The van der Waals surface area contributed by atoms with Gasteiger partial charge in [0.15, 0.2) is 9.84 Å². The van der Waals surface area contributed by atoms with Gasteiger partial charge in [-0.15, -0.1) is 11.3 Å². The predicted octanol–water partition coefficient (Wildman–Crippen LogP) is 2.57. The first kappa shape index (κ1) is 14.0. The minimum atomic E-state index is -3.12. The zero-order valence-electron chi connectivity index (χ0n) is 10.9. The maximum absolute atomic E-state index is 11.7. The molecule has 1 aromatic heterocycles. The lowest BCUT2D eigenvalue weighted by molar-refractivity contribution is 0.597. The summed E-state index contributed by atoms with van der Waals surface area (Å²) in [5.74, 6) is 0.126. The molecular formula is C13H16N2O2S2. The third-order valence-electron chi connectivity index (χ3n) is 2.87. The Labute approximate surface area is 117 Å². The van der Waals surface area contributed by atoms with Crippen LogP contribution in [0.3, 0.4) is 0 Å². The van der Waals surface area contributed by atoms with Gasteiger partial charge in [-0.2, -0.15) is 0 Å². The molecule has 0 aliphatic carbocycles. The van der Waals surface area contributed by atoms with Crippen molar-refractivity contribution in [3.8, 4) is 0 Å². The van der Waals surface area contributed by atoms with Crippen LogP contribution in [0.2, 0.25) is 0 Å². The summed E-state index contributed by atoms with van der Waals surface area (Å²) < 4.78 is 23.4. The van der Waals surface area contributed by atoms with Crippen LogP contribution in [-0.2, 0) is 16.4 Å².